The van der Waals surface area contributed by atoms with Gasteiger partial charge in [0.15, 0.2) is 16.7 Å². The van der Waals surface area contributed by atoms with Crippen LogP contribution >= 0.6 is 23.1 Å². The minimum Gasteiger partial charge on any atom is -0.497 e. The predicted molar refractivity (Wildman–Crippen MR) is 123 cm³/mol. The number of rotatable bonds is 9. The molecule has 3 heterocycles. The summed E-state index contributed by atoms with van der Waals surface area (Å²) in [5, 5.41) is 11.2. The van der Waals surface area contributed by atoms with Crippen LogP contribution in [0.2, 0.25) is 0 Å². The van der Waals surface area contributed by atoms with Crippen LogP contribution in [0.1, 0.15) is 11.8 Å². The van der Waals surface area contributed by atoms with Crippen LogP contribution < -0.4 is 9.64 Å². The second kappa shape index (κ2) is 9.84. The van der Waals surface area contributed by atoms with E-state index >= 15 is 0 Å². The molecule has 160 valence electrons. The third-order valence-corrected chi connectivity index (χ3v) is 6.49. The molecule has 0 saturated heterocycles. The molecule has 0 radical (unpaired) electrons. The summed E-state index contributed by atoms with van der Waals surface area (Å²) in [4.78, 5) is 16.1. The number of methoxy groups -OCH3 is 1. The zero-order valence-electron chi connectivity index (χ0n) is 17.2. The highest BCUT2D eigenvalue weighted by Gasteiger charge is 2.20. The first-order valence-electron chi connectivity index (χ1n) is 9.76. The second-order valence-corrected chi connectivity index (χ2v) is 8.55. The van der Waals surface area contributed by atoms with E-state index in [0.29, 0.717) is 29.8 Å². The van der Waals surface area contributed by atoms with E-state index in [-0.39, 0.29) is 11.7 Å². The van der Waals surface area contributed by atoms with E-state index in [9.17, 15) is 4.79 Å². The minimum atomic E-state index is -0.00577. The Morgan fingerprint density at radius 3 is 2.68 bits per heavy atom. The molecule has 1 amide bonds. The SMILES string of the molecule is CCn1c(SCC(=O)N(Cc2cccs2)c2ccc(OC)cc2)nnc1-c1ccco1. The lowest BCUT2D eigenvalue weighted by Crippen LogP contribution is -2.31. The maximum Gasteiger partial charge on any atom is 0.237 e. The van der Waals surface area contributed by atoms with Crippen LogP contribution in [0.5, 0.6) is 5.75 Å². The third kappa shape index (κ3) is 4.83. The molecule has 0 fully saturated rings. The summed E-state index contributed by atoms with van der Waals surface area (Å²) >= 11 is 3.01. The lowest BCUT2D eigenvalue weighted by molar-refractivity contribution is -0.116. The average molecular weight is 455 g/mol. The first-order valence-corrected chi connectivity index (χ1v) is 11.6. The molecular formula is C22H22N4O3S2. The zero-order chi connectivity index (χ0) is 21.6. The van der Waals surface area contributed by atoms with Crippen molar-refractivity contribution in [1.82, 2.24) is 14.8 Å². The van der Waals surface area contributed by atoms with E-state index in [2.05, 4.69) is 10.2 Å². The largest absolute Gasteiger partial charge is 0.497 e. The van der Waals surface area contributed by atoms with Gasteiger partial charge in [0.2, 0.25) is 5.91 Å². The molecule has 0 unspecified atom stereocenters. The quantitative estimate of drug-likeness (QED) is 0.333. The van der Waals surface area contributed by atoms with Gasteiger partial charge in [0.05, 0.1) is 25.7 Å². The van der Waals surface area contributed by atoms with Crippen molar-refractivity contribution in [3.8, 4) is 17.3 Å². The molecular weight excluding hydrogens is 432 g/mol. The van der Waals surface area contributed by atoms with Crippen molar-refractivity contribution in [1.29, 1.82) is 0 Å². The summed E-state index contributed by atoms with van der Waals surface area (Å²) in [7, 11) is 1.63. The number of nitrogens with zero attached hydrogens (tertiary/aromatic N) is 4. The van der Waals surface area contributed by atoms with Crippen LogP contribution in [0, 0.1) is 0 Å². The molecule has 3 aromatic heterocycles. The molecule has 0 saturated carbocycles. The number of amides is 1. The van der Waals surface area contributed by atoms with Crippen molar-refractivity contribution < 1.29 is 13.9 Å². The van der Waals surface area contributed by atoms with Crippen LogP contribution in [-0.4, -0.2) is 33.5 Å². The third-order valence-electron chi connectivity index (χ3n) is 4.68. The normalized spacial score (nSPS) is 10.9. The molecule has 0 aliphatic rings. The monoisotopic (exact) mass is 454 g/mol. The molecule has 31 heavy (non-hydrogen) atoms. The molecule has 4 rings (SSSR count). The molecule has 0 aliphatic carbocycles. The van der Waals surface area contributed by atoms with Gasteiger partial charge in [0, 0.05) is 17.1 Å². The van der Waals surface area contributed by atoms with Crippen molar-refractivity contribution in [2.45, 2.75) is 25.2 Å². The Morgan fingerprint density at radius 2 is 2.03 bits per heavy atom. The number of ether oxygens (including phenoxy) is 1. The van der Waals surface area contributed by atoms with Crippen molar-refractivity contribution in [3.63, 3.8) is 0 Å². The number of carbonyl (C=O) groups excluding carboxylic acids is 1. The smallest absolute Gasteiger partial charge is 0.237 e. The Balaban J connectivity index is 1.52. The lowest BCUT2D eigenvalue weighted by Gasteiger charge is -2.22. The number of furan rings is 1. The number of hydrogen-bond acceptors (Lipinski definition) is 7. The molecule has 0 bridgehead atoms. The van der Waals surface area contributed by atoms with Gasteiger partial charge in [-0.15, -0.1) is 21.5 Å². The zero-order valence-corrected chi connectivity index (χ0v) is 18.9. The van der Waals surface area contributed by atoms with E-state index in [1.807, 2.05) is 65.4 Å². The first-order chi connectivity index (χ1) is 15.2. The standard InChI is InChI=1S/C22H22N4O3S2/c1-3-25-21(19-7-4-12-29-19)23-24-22(25)31-15-20(27)26(14-18-6-5-13-30-18)16-8-10-17(28-2)11-9-16/h4-13H,3,14-15H2,1-2H3. The maximum atomic E-state index is 13.2. The van der Waals surface area contributed by atoms with Gasteiger partial charge in [-0.3, -0.25) is 9.36 Å². The number of thiophene rings is 1. The van der Waals surface area contributed by atoms with E-state index in [4.69, 9.17) is 9.15 Å². The molecule has 4 aromatic rings. The summed E-state index contributed by atoms with van der Waals surface area (Å²) < 4.78 is 12.7. The van der Waals surface area contributed by atoms with Gasteiger partial charge >= 0.3 is 0 Å². The minimum absolute atomic E-state index is 0.00577. The number of benzene rings is 1. The number of carbonyl (C=O) groups is 1. The summed E-state index contributed by atoms with van der Waals surface area (Å²) in [6.45, 7) is 3.21. The summed E-state index contributed by atoms with van der Waals surface area (Å²) in [5.74, 6) is 2.31. The first kappa shape index (κ1) is 21.2. The van der Waals surface area contributed by atoms with E-state index in [0.717, 1.165) is 16.3 Å². The van der Waals surface area contributed by atoms with Gasteiger partial charge in [-0.2, -0.15) is 0 Å². The Kier molecular flexibility index (Phi) is 6.73. The summed E-state index contributed by atoms with van der Waals surface area (Å²) in [6.07, 6.45) is 1.61. The highest BCUT2D eigenvalue weighted by atomic mass is 32.2. The highest BCUT2D eigenvalue weighted by Crippen LogP contribution is 2.27. The van der Waals surface area contributed by atoms with Gasteiger partial charge in [-0.1, -0.05) is 17.8 Å². The van der Waals surface area contributed by atoms with Crippen LogP contribution in [0.3, 0.4) is 0 Å². The summed E-state index contributed by atoms with van der Waals surface area (Å²) in [5.41, 5.74) is 0.827. The van der Waals surface area contributed by atoms with E-state index in [1.165, 1.54) is 11.8 Å². The predicted octanol–water partition coefficient (Wildman–Crippen LogP) is 4.95. The van der Waals surface area contributed by atoms with Crippen molar-refractivity contribution in [2.24, 2.45) is 0 Å². The van der Waals surface area contributed by atoms with Gasteiger partial charge in [-0.05, 0) is 54.8 Å². The Bertz CT molecular complexity index is 1110. The number of anilines is 1. The average Bonchev–Trinajstić information content (AvgIpc) is 3.57. The Morgan fingerprint density at radius 1 is 1.19 bits per heavy atom. The topological polar surface area (TPSA) is 73.4 Å². The Hall–Kier alpha value is -3.04. The van der Waals surface area contributed by atoms with Gasteiger partial charge < -0.3 is 14.1 Å². The maximum absolute atomic E-state index is 13.2. The molecule has 0 atom stereocenters. The van der Waals surface area contributed by atoms with Crippen molar-refractivity contribution >= 4 is 34.7 Å². The molecule has 1 aromatic carbocycles. The summed E-state index contributed by atoms with van der Waals surface area (Å²) in [6, 6.07) is 15.2. The fourth-order valence-corrected chi connectivity index (χ4v) is 4.69. The van der Waals surface area contributed by atoms with E-state index in [1.54, 1.807) is 29.6 Å². The van der Waals surface area contributed by atoms with E-state index < -0.39 is 0 Å². The van der Waals surface area contributed by atoms with Crippen LogP contribution in [-0.2, 0) is 17.9 Å². The second-order valence-electron chi connectivity index (χ2n) is 6.57. The highest BCUT2D eigenvalue weighted by molar-refractivity contribution is 7.99. The molecule has 7 nitrogen and oxygen atoms in total. The number of thioether (sulfide) groups is 1. The van der Waals surface area contributed by atoms with Crippen LogP contribution in [0.25, 0.3) is 11.6 Å². The van der Waals surface area contributed by atoms with Crippen LogP contribution in [0.4, 0.5) is 5.69 Å². The van der Waals surface area contributed by atoms with Gasteiger partial charge in [-0.25, -0.2) is 0 Å². The molecule has 0 spiro atoms. The fourth-order valence-electron chi connectivity index (χ4n) is 3.12. The lowest BCUT2D eigenvalue weighted by atomic mass is 10.2. The molecule has 0 N–H and O–H groups in total. The molecule has 9 heteroatoms. The Labute approximate surface area is 188 Å². The molecule has 0 aliphatic heterocycles. The van der Waals surface area contributed by atoms with Crippen molar-refractivity contribution in [2.75, 3.05) is 17.8 Å². The van der Waals surface area contributed by atoms with Crippen LogP contribution in [0.15, 0.2) is 69.7 Å². The number of hydrogen-bond donors (Lipinski definition) is 0. The van der Waals surface area contributed by atoms with Crippen molar-refractivity contribution in [3.05, 3.63) is 65.1 Å². The van der Waals surface area contributed by atoms with Gasteiger partial charge in [0.1, 0.15) is 5.75 Å². The fraction of sp³-hybridized carbons (Fsp3) is 0.227. The number of aromatic nitrogens is 3. The van der Waals surface area contributed by atoms with Gasteiger partial charge in [0.25, 0.3) is 0 Å².